The highest BCUT2D eigenvalue weighted by Gasteiger charge is 2.11. The van der Waals surface area contributed by atoms with Crippen LogP contribution in [-0.2, 0) is 6.54 Å². The maximum absolute atomic E-state index is 12.2. The van der Waals surface area contributed by atoms with Crippen molar-refractivity contribution in [3.05, 3.63) is 52.1 Å². The van der Waals surface area contributed by atoms with Gasteiger partial charge in [-0.05, 0) is 25.1 Å². The fraction of sp³-hybridized carbons (Fsp3) is 0.176. The third-order valence-electron chi connectivity index (χ3n) is 3.82. The van der Waals surface area contributed by atoms with Crippen LogP contribution in [0, 0.1) is 6.92 Å². The molecule has 0 saturated carbocycles. The molecular weight excluding hydrogens is 303 g/mol. The van der Waals surface area contributed by atoms with Crippen LogP contribution in [0.1, 0.15) is 11.3 Å². The lowest BCUT2D eigenvalue weighted by atomic mass is 9.93. The van der Waals surface area contributed by atoms with E-state index in [1.165, 1.54) is 7.11 Å². The zero-order valence-corrected chi connectivity index (χ0v) is 13.5. The van der Waals surface area contributed by atoms with Gasteiger partial charge in [0.15, 0.2) is 0 Å². The number of methoxy groups -OCH3 is 1. The lowest BCUT2D eigenvalue weighted by Gasteiger charge is -2.13. The first kappa shape index (κ1) is 15.9. The second-order valence-electron chi connectivity index (χ2n) is 5.55. The maximum Gasteiger partial charge on any atom is 0.256 e. The molecular formula is C17H17BN4O2. The first-order valence-corrected chi connectivity index (χ1v) is 7.44. The smallest absolute Gasteiger partial charge is 0.256 e. The van der Waals surface area contributed by atoms with E-state index in [9.17, 15) is 4.79 Å². The van der Waals surface area contributed by atoms with Gasteiger partial charge in [0, 0.05) is 28.4 Å². The summed E-state index contributed by atoms with van der Waals surface area (Å²) in [4.78, 5) is 19.3. The summed E-state index contributed by atoms with van der Waals surface area (Å²) in [5, 5.41) is 4.83. The number of fused-ring (bicyclic) bond motifs is 1. The molecule has 2 radical (unpaired) electrons. The molecule has 0 bridgehead atoms. The van der Waals surface area contributed by atoms with Crippen molar-refractivity contribution in [1.82, 2.24) is 9.97 Å². The Morgan fingerprint density at radius 1 is 1.33 bits per heavy atom. The zero-order valence-electron chi connectivity index (χ0n) is 13.5. The molecule has 6 nitrogen and oxygen atoms in total. The summed E-state index contributed by atoms with van der Waals surface area (Å²) in [6, 6.07) is 7.12. The average Bonchev–Trinajstić information content (AvgIpc) is 2.53. The third-order valence-corrected chi connectivity index (χ3v) is 3.82. The molecule has 0 aliphatic heterocycles. The number of nitrogens with one attached hydrogen (secondary N) is 2. The molecule has 0 spiro atoms. The largest absolute Gasteiger partial charge is 0.496 e. The molecule has 120 valence electrons. The molecule has 0 fully saturated rings. The number of nitrogens with zero attached hydrogens (tertiary/aromatic N) is 1. The predicted molar refractivity (Wildman–Crippen MR) is 97.2 cm³/mol. The number of ether oxygens (including phenoxy) is 1. The Labute approximate surface area is 140 Å². The molecule has 2 heterocycles. The van der Waals surface area contributed by atoms with Gasteiger partial charge in [-0.15, -0.1) is 0 Å². The number of anilines is 2. The predicted octanol–water partition coefficient (Wildman–Crippen LogP) is 1.23. The number of benzene rings is 1. The normalized spacial score (nSPS) is 10.8. The number of aromatic amines is 1. The van der Waals surface area contributed by atoms with Crippen LogP contribution >= 0.6 is 0 Å². The quantitative estimate of drug-likeness (QED) is 0.497. The molecule has 4 N–H and O–H groups in total. The molecule has 1 aromatic carbocycles. The topological polar surface area (TPSA) is 93.0 Å². The van der Waals surface area contributed by atoms with Crippen LogP contribution in [0.2, 0.25) is 0 Å². The summed E-state index contributed by atoms with van der Waals surface area (Å²) in [7, 11) is 7.41. The number of pyridine rings is 2. The number of aryl methyl sites for hydroxylation is 1. The monoisotopic (exact) mass is 320 g/mol. The lowest BCUT2D eigenvalue weighted by molar-refractivity contribution is 0.408. The number of rotatable bonds is 4. The number of nitrogen functional groups attached to an aromatic ring is 1. The summed E-state index contributed by atoms with van der Waals surface area (Å²) in [5.41, 5.74) is 8.19. The minimum atomic E-state index is -0.196. The van der Waals surface area contributed by atoms with Crippen molar-refractivity contribution in [3.63, 3.8) is 0 Å². The highest BCUT2D eigenvalue weighted by Crippen LogP contribution is 2.25. The van der Waals surface area contributed by atoms with Gasteiger partial charge in [0.05, 0.1) is 19.2 Å². The third kappa shape index (κ3) is 2.93. The Bertz CT molecular complexity index is 969. The number of H-pyrrole nitrogens is 1. The summed E-state index contributed by atoms with van der Waals surface area (Å²) >= 11 is 0. The van der Waals surface area contributed by atoms with Crippen molar-refractivity contribution in [2.75, 3.05) is 18.2 Å². The van der Waals surface area contributed by atoms with Gasteiger partial charge in [0.25, 0.3) is 5.56 Å². The van der Waals surface area contributed by atoms with Crippen LogP contribution in [-0.4, -0.2) is 24.9 Å². The first-order valence-electron chi connectivity index (χ1n) is 7.44. The van der Waals surface area contributed by atoms with Crippen molar-refractivity contribution in [2.45, 2.75) is 13.5 Å². The summed E-state index contributed by atoms with van der Waals surface area (Å²) in [6.07, 6.45) is 1.66. The van der Waals surface area contributed by atoms with E-state index in [0.29, 0.717) is 28.3 Å². The highest BCUT2D eigenvalue weighted by molar-refractivity contribution is 6.34. The number of hydrogen-bond donors (Lipinski definition) is 3. The lowest BCUT2D eigenvalue weighted by Crippen LogP contribution is -2.18. The van der Waals surface area contributed by atoms with Gasteiger partial charge in [-0.1, -0.05) is 11.5 Å². The Balaban J connectivity index is 1.99. The number of nitrogens with two attached hydrogens (primary N) is 1. The van der Waals surface area contributed by atoms with Crippen LogP contribution in [0.25, 0.3) is 10.8 Å². The van der Waals surface area contributed by atoms with E-state index >= 15 is 0 Å². The van der Waals surface area contributed by atoms with Crippen molar-refractivity contribution in [1.29, 1.82) is 0 Å². The van der Waals surface area contributed by atoms with Crippen molar-refractivity contribution in [3.8, 4) is 5.75 Å². The second-order valence-corrected chi connectivity index (χ2v) is 5.55. The molecule has 0 atom stereocenters. The van der Waals surface area contributed by atoms with E-state index in [2.05, 4.69) is 15.3 Å². The molecule has 3 aromatic rings. The molecule has 24 heavy (non-hydrogen) atoms. The standard InChI is InChI=1S/C17H17BN4O2/c1-9-5-15(24-2)13(17(23)22-9)8-21-16-12-6-10(18)7-14(19)11(12)3-4-20-16/h3-7H,8,19H2,1-2H3,(H,20,21)(H,22,23). The second kappa shape index (κ2) is 6.27. The van der Waals surface area contributed by atoms with Crippen molar-refractivity contribution in [2.24, 2.45) is 0 Å². The van der Waals surface area contributed by atoms with Crippen LogP contribution in [0.3, 0.4) is 0 Å². The summed E-state index contributed by atoms with van der Waals surface area (Å²) < 4.78 is 5.30. The molecule has 0 unspecified atom stereocenters. The van der Waals surface area contributed by atoms with E-state index < -0.39 is 0 Å². The SMILES string of the molecule is [B]c1cc(N)c2ccnc(NCc3c(OC)cc(C)[nH]c3=O)c2c1. The Morgan fingerprint density at radius 3 is 2.88 bits per heavy atom. The fourth-order valence-electron chi connectivity index (χ4n) is 2.69. The minimum Gasteiger partial charge on any atom is -0.496 e. The van der Waals surface area contributed by atoms with Gasteiger partial charge in [-0.3, -0.25) is 4.79 Å². The Morgan fingerprint density at radius 2 is 2.12 bits per heavy atom. The summed E-state index contributed by atoms with van der Waals surface area (Å²) in [6.45, 7) is 2.07. The van der Waals surface area contributed by atoms with E-state index in [1.54, 1.807) is 31.3 Å². The van der Waals surface area contributed by atoms with Crippen LogP contribution in [0.4, 0.5) is 11.5 Å². The van der Waals surface area contributed by atoms with Gasteiger partial charge in [0.2, 0.25) is 0 Å². The van der Waals surface area contributed by atoms with Gasteiger partial charge in [-0.2, -0.15) is 0 Å². The number of aromatic nitrogens is 2. The number of hydrogen-bond acceptors (Lipinski definition) is 5. The Hall–Kier alpha value is -2.96. The molecule has 0 aliphatic carbocycles. The van der Waals surface area contributed by atoms with Crippen LogP contribution in [0.15, 0.2) is 35.3 Å². The maximum atomic E-state index is 12.2. The van der Waals surface area contributed by atoms with Gasteiger partial charge in [-0.25, -0.2) is 4.98 Å². The van der Waals surface area contributed by atoms with Gasteiger partial charge >= 0.3 is 0 Å². The molecule has 7 heteroatoms. The average molecular weight is 320 g/mol. The van der Waals surface area contributed by atoms with Crippen LogP contribution < -0.4 is 26.8 Å². The van der Waals surface area contributed by atoms with Gasteiger partial charge < -0.3 is 20.8 Å². The van der Waals surface area contributed by atoms with E-state index in [-0.39, 0.29) is 12.1 Å². The van der Waals surface area contributed by atoms with E-state index in [4.69, 9.17) is 18.3 Å². The summed E-state index contributed by atoms with van der Waals surface area (Å²) in [5.74, 6) is 1.14. The van der Waals surface area contributed by atoms with Crippen molar-refractivity contribution < 1.29 is 4.74 Å². The first-order chi connectivity index (χ1) is 11.5. The Kier molecular flexibility index (Phi) is 4.16. The van der Waals surface area contributed by atoms with E-state index in [0.717, 1.165) is 16.5 Å². The minimum absolute atomic E-state index is 0.196. The molecule has 0 aliphatic rings. The fourth-order valence-corrected chi connectivity index (χ4v) is 2.69. The molecule has 0 saturated heterocycles. The molecule has 2 aromatic heterocycles. The van der Waals surface area contributed by atoms with E-state index in [1.807, 2.05) is 6.07 Å². The van der Waals surface area contributed by atoms with Crippen LogP contribution in [0.5, 0.6) is 5.75 Å². The molecule has 3 rings (SSSR count). The van der Waals surface area contributed by atoms with Gasteiger partial charge in [0.1, 0.15) is 19.4 Å². The van der Waals surface area contributed by atoms with Crippen molar-refractivity contribution >= 4 is 35.6 Å². The highest BCUT2D eigenvalue weighted by atomic mass is 16.5. The molecule has 0 amide bonds. The zero-order chi connectivity index (χ0) is 17.3.